The summed E-state index contributed by atoms with van der Waals surface area (Å²) in [7, 11) is 0. The Hall–Kier alpha value is -0.380. The maximum Gasteiger partial charge on any atom is 0.153 e. The first-order valence-corrected chi connectivity index (χ1v) is 5.16. The molecule has 0 saturated carbocycles. The van der Waals surface area contributed by atoms with E-state index in [4.69, 9.17) is 16.2 Å². The van der Waals surface area contributed by atoms with Gasteiger partial charge in [0.05, 0.1) is 5.75 Å². The predicted octanol–water partition coefficient (Wildman–Crippen LogP) is 2.10. The highest BCUT2D eigenvalue weighted by atomic mass is 35.5. The Morgan fingerprint density at radius 3 is 2.42 bits per heavy atom. The summed E-state index contributed by atoms with van der Waals surface area (Å²) in [5.74, 6) is 0.279. The fourth-order valence-electron chi connectivity index (χ4n) is 0.856. The predicted molar refractivity (Wildman–Crippen MR) is 50.8 cm³/mol. The second kappa shape index (κ2) is 4.60. The second-order valence-electron chi connectivity index (χ2n) is 2.40. The maximum atomic E-state index is 10.3. The van der Waals surface area contributed by atoms with Gasteiger partial charge in [0.15, 0.2) is 11.1 Å². The van der Waals surface area contributed by atoms with E-state index in [1.807, 2.05) is 12.1 Å². The molecule has 1 aromatic carbocycles. The summed E-state index contributed by atoms with van der Waals surface area (Å²) in [6.45, 7) is 0. The third-order valence-electron chi connectivity index (χ3n) is 1.48. The minimum atomic E-state index is -1.70. The van der Waals surface area contributed by atoms with Crippen LogP contribution in [0.25, 0.3) is 0 Å². The lowest BCUT2D eigenvalue weighted by molar-refractivity contribution is 0.563. The molecule has 12 heavy (non-hydrogen) atoms. The van der Waals surface area contributed by atoms with Gasteiger partial charge in [-0.3, -0.25) is 0 Å². The van der Waals surface area contributed by atoms with Crippen LogP contribution in [0, 0.1) is 0 Å². The Morgan fingerprint density at radius 2 is 1.92 bits per heavy atom. The molecular weight excluding hydrogens is 196 g/mol. The monoisotopic (exact) mass is 204 g/mol. The third kappa shape index (κ3) is 3.34. The van der Waals surface area contributed by atoms with E-state index in [9.17, 15) is 4.21 Å². The summed E-state index contributed by atoms with van der Waals surface area (Å²) in [5, 5.41) is 0.684. The lowest BCUT2D eigenvalue weighted by Crippen LogP contribution is -1.98. The van der Waals surface area contributed by atoms with Crippen molar-refractivity contribution in [3.63, 3.8) is 0 Å². The van der Waals surface area contributed by atoms with Crippen molar-refractivity contribution in [2.45, 2.75) is 6.42 Å². The maximum absolute atomic E-state index is 10.3. The topological polar surface area (TPSA) is 37.3 Å². The van der Waals surface area contributed by atoms with E-state index in [1.165, 1.54) is 0 Å². The van der Waals surface area contributed by atoms with Crippen LogP contribution in [-0.4, -0.2) is 14.5 Å². The van der Waals surface area contributed by atoms with Crippen molar-refractivity contribution in [3.05, 3.63) is 34.9 Å². The van der Waals surface area contributed by atoms with E-state index in [-0.39, 0.29) is 5.75 Å². The largest absolute Gasteiger partial charge is 0.306 e. The fourth-order valence-corrected chi connectivity index (χ4v) is 1.39. The van der Waals surface area contributed by atoms with Crippen LogP contribution >= 0.6 is 11.6 Å². The van der Waals surface area contributed by atoms with Crippen molar-refractivity contribution < 1.29 is 8.76 Å². The quantitative estimate of drug-likeness (QED) is 0.766. The number of hydrogen-bond acceptors (Lipinski definition) is 1. The van der Waals surface area contributed by atoms with Crippen molar-refractivity contribution >= 4 is 22.7 Å². The molecule has 0 aromatic heterocycles. The van der Waals surface area contributed by atoms with Gasteiger partial charge < -0.3 is 4.55 Å². The highest BCUT2D eigenvalue weighted by Crippen LogP contribution is 2.09. The van der Waals surface area contributed by atoms with Crippen LogP contribution in [0.5, 0.6) is 0 Å². The summed E-state index contributed by atoms with van der Waals surface area (Å²) < 4.78 is 18.8. The van der Waals surface area contributed by atoms with Gasteiger partial charge in [-0.05, 0) is 24.1 Å². The van der Waals surface area contributed by atoms with Crippen molar-refractivity contribution in [1.82, 2.24) is 0 Å². The van der Waals surface area contributed by atoms with Gasteiger partial charge in [0.25, 0.3) is 0 Å². The van der Waals surface area contributed by atoms with Crippen LogP contribution in [0.4, 0.5) is 0 Å². The Bertz CT molecular complexity index is 271. The summed E-state index contributed by atoms with van der Waals surface area (Å²) >= 11 is 3.96. The molecule has 0 aliphatic rings. The van der Waals surface area contributed by atoms with E-state index >= 15 is 0 Å². The molecule has 0 saturated heterocycles. The van der Waals surface area contributed by atoms with Crippen molar-refractivity contribution in [2.24, 2.45) is 0 Å². The minimum Gasteiger partial charge on any atom is -0.306 e. The molecule has 0 radical (unpaired) electrons. The second-order valence-corrected chi connectivity index (χ2v) is 3.89. The highest BCUT2D eigenvalue weighted by Gasteiger charge is 1.96. The van der Waals surface area contributed by atoms with Gasteiger partial charge in [0.2, 0.25) is 0 Å². The molecular formula is C8H9ClO2S. The zero-order valence-corrected chi connectivity index (χ0v) is 7.94. The van der Waals surface area contributed by atoms with Crippen molar-refractivity contribution in [1.29, 1.82) is 0 Å². The van der Waals surface area contributed by atoms with Gasteiger partial charge in [-0.15, -0.1) is 0 Å². The molecule has 1 rings (SSSR count). The van der Waals surface area contributed by atoms with E-state index in [1.54, 1.807) is 12.1 Å². The summed E-state index contributed by atoms with van der Waals surface area (Å²) in [6.07, 6.45) is 0.611. The number of benzene rings is 1. The molecule has 0 bridgehead atoms. The zero-order chi connectivity index (χ0) is 8.97. The lowest BCUT2D eigenvalue weighted by atomic mass is 10.2. The third-order valence-corrected chi connectivity index (χ3v) is 2.28. The molecule has 0 aliphatic heterocycles. The van der Waals surface area contributed by atoms with Gasteiger partial charge >= 0.3 is 0 Å². The Labute approximate surface area is 78.8 Å². The van der Waals surface area contributed by atoms with Gasteiger partial charge in [0.1, 0.15) is 0 Å². The summed E-state index contributed by atoms with van der Waals surface area (Å²) in [5.41, 5.74) is 1.03. The van der Waals surface area contributed by atoms with Gasteiger partial charge in [-0.25, -0.2) is 4.21 Å². The van der Waals surface area contributed by atoms with Crippen LogP contribution in [0.15, 0.2) is 24.3 Å². The average Bonchev–Trinajstić information content (AvgIpc) is 2.03. The van der Waals surface area contributed by atoms with Crippen LogP contribution in [0.2, 0.25) is 5.02 Å². The first-order valence-electron chi connectivity index (χ1n) is 3.50. The molecule has 0 aliphatic carbocycles. The molecule has 0 heterocycles. The van der Waals surface area contributed by atoms with E-state index in [2.05, 4.69) is 0 Å². The molecule has 0 spiro atoms. The zero-order valence-electron chi connectivity index (χ0n) is 6.37. The van der Waals surface area contributed by atoms with Crippen molar-refractivity contribution in [3.8, 4) is 0 Å². The molecule has 0 fully saturated rings. The molecule has 1 N–H and O–H groups in total. The molecule has 1 unspecified atom stereocenters. The van der Waals surface area contributed by atoms with Crippen LogP contribution in [0.3, 0.4) is 0 Å². The van der Waals surface area contributed by atoms with Crippen LogP contribution in [0.1, 0.15) is 5.56 Å². The fraction of sp³-hybridized carbons (Fsp3) is 0.250. The summed E-state index contributed by atoms with van der Waals surface area (Å²) in [6, 6.07) is 7.26. The number of halogens is 1. The van der Waals surface area contributed by atoms with E-state index in [0.717, 1.165) is 5.56 Å². The number of aryl methyl sites for hydroxylation is 1. The molecule has 2 nitrogen and oxygen atoms in total. The molecule has 1 atom stereocenters. The minimum absolute atomic E-state index is 0.279. The highest BCUT2D eigenvalue weighted by molar-refractivity contribution is 7.79. The first-order chi connectivity index (χ1) is 5.68. The van der Waals surface area contributed by atoms with Gasteiger partial charge in [-0.2, -0.15) is 0 Å². The summed E-state index contributed by atoms with van der Waals surface area (Å²) in [4.78, 5) is 0. The lowest BCUT2D eigenvalue weighted by Gasteiger charge is -1.97. The SMILES string of the molecule is O=S(O)CCc1ccc(Cl)cc1. The first kappa shape index (κ1) is 9.71. The number of hydrogen-bond donors (Lipinski definition) is 1. The number of rotatable bonds is 3. The Morgan fingerprint density at radius 1 is 1.33 bits per heavy atom. The standard InChI is InChI=1S/C8H9ClO2S/c9-8-3-1-7(2-4-8)5-6-12(10)11/h1-4H,5-6H2,(H,10,11). The van der Waals surface area contributed by atoms with Crippen molar-refractivity contribution in [2.75, 3.05) is 5.75 Å². The molecule has 0 amide bonds. The van der Waals surface area contributed by atoms with E-state index in [0.29, 0.717) is 11.4 Å². The van der Waals surface area contributed by atoms with Gasteiger partial charge in [-0.1, -0.05) is 23.7 Å². The average molecular weight is 205 g/mol. The normalized spacial score (nSPS) is 12.8. The Balaban J connectivity index is 2.53. The Kier molecular flexibility index (Phi) is 3.72. The van der Waals surface area contributed by atoms with Crippen LogP contribution in [-0.2, 0) is 17.5 Å². The van der Waals surface area contributed by atoms with Crippen LogP contribution < -0.4 is 0 Å². The van der Waals surface area contributed by atoms with Gasteiger partial charge in [0, 0.05) is 5.02 Å². The smallest absolute Gasteiger partial charge is 0.153 e. The molecule has 66 valence electrons. The van der Waals surface area contributed by atoms with E-state index < -0.39 is 11.1 Å². The molecule has 1 aromatic rings. The molecule has 4 heteroatoms.